The highest BCUT2D eigenvalue weighted by atomic mass is 35.5. The van der Waals surface area contributed by atoms with E-state index >= 15 is 0 Å². The molecule has 0 radical (unpaired) electrons. The highest BCUT2D eigenvalue weighted by Gasteiger charge is 2.26. The number of aliphatic imine (C=N–C) groups is 1. The van der Waals surface area contributed by atoms with Crippen LogP contribution in [0.2, 0.25) is 5.02 Å². The van der Waals surface area contributed by atoms with Gasteiger partial charge in [0.2, 0.25) is 0 Å². The van der Waals surface area contributed by atoms with Gasteiger partial charge in [0.15, 0.2) is 0 Å². The first-order valence-electron chi connectivity index (χ1n) is 6.43. The zero-order chi connectivity index (χ0) is 13.9. The molecule has 0 saturated carbocycles. The summed E-state index contributed by atoms with van der Waals surface area (Å²) < 4.78 is 0. The van der Waals surface area contributed by atoms with Crippen molar-refractivity contribution < 1.29 is 4.79 Å². The van der Waals surface area contributed by atoms with Gasteiger partial charge < -0.3 is 0 Å². The first-order chi connectivity index (χ1) is 9.77. The zero-order valence-electron chi connectivity index (χ0n) is 10.8. The lowest BCUT2D eigenvalue weighted by molar-refractivity contribution is 0.0858. The van der Waals surface area contributed by atoms with Crippen LogP contribution in [0.3, 0.4) is 0 Å². The minimum absolute atomic E-state index is 0.101. The molecular formula is C16H13ClN2O. The Morgan fingerprint density at radius 1 is 1.05 bits per heavy atom. The standard InChI is InChI=1S/C16H13ClN2O/c17-14-9-5-4-8-13(14)16(20)19-11-10-18-15(19)12-6-2-1-3-7-12/h1-9H,10-11H2. The topological polar surface area (TPSA) is 32.7 Å². The van der Waals surface area contributed by atoms with Gasteiger partial charge in [0.05, 0.1) is 17.1 Å². The van der Waals surface area contributed by atoms with E-state index in [-0.39, 0.29) is 5.91 Å². The average Bonchev–Trinajstić information content (AvgIpc) is 2.97. The Kier molecular flexibility index (Phi) is 3.52. The maximum absolute atomic E-state index is 12.6. The van der Waals surface area contributed by atoms with Crippen LogP contribution in [0.4, 0.5) is 0 Å². The fraction of sp³-hybridized carbons (Fsp3) is 0.125. The van der Waals surface area contributed by atoms with E-state index in [1.165, 1.54) is 0 Å². The number of hydrogen-bond donors (Lipinski definition) is 0. The van der Waals surface area contributed by atoms with E-state index in [9.17, 15) is 4.79 Å². The number of benzene rings is 2. The van der Waals surface area contributed by atoms with Crippen molar-refractivity contribution in [3.05, 3.63) is 70.7 Å². The lowest BCUT2D eigenvalue weighted by Crippen LogP contribution is -2.35. The smallest absolute Gasteiger partial charge is 0.261 e. The molecule has 3 nitrogen and oxygen atoms in total. The molecule has 0 bridgehead atoms. The van der Waals surface area contributed by atoms with Crippen molar-refractivity contribution in [1.29, 1.82) is 0 Å². The highest BCUT2D eigenvalue weighted by Crippen LogP contribution is 2.20. The minimum Gasteiger partial charge on any atom is -0.291 e. The van der Waals surface area contributed by atoms with Crippen LogP contribution in [0.5, 0.6) is 0 Å². The van der Waals surface area contributed by atoms with E-state index < -0.39 is 0 Å². The maximum Gasteiger partial charge on any atom is 0.261 e. The Balaban J connectivity index is 1.93. The van der Waals surface area contributed by atoms with Crippen LogP contribution in [0.25, 0.3) is 0 Å². The van der Waals surface area contributed by atoms with E-state index in [1.54, 1.807) is 17.0 Å². The summed E-state index contributed by atoms with van der Waals surface area (Å²) in [5.41, 5.74) is 1.46. The Labute approximate surface area is 122 Å². The quantitative estimate of drug-likeness (QED) is 0.833. The van der Waals surface area contributed by atoms with E-state index in [2.05, 4.69) is 4.99 Å². The normalized spacial score (nSPS) is 14.2. The molecule has 0 unspecified atom stereocenters. The first kappa shape index (κ1) is 12.9. The molecule has 3 rings (SSSR count). The summed E-state index contributed by atoms with van der Waals surface area (Å²) in [6, 6.07) is 16.8. The predicted octanol–water partition coefficient (Wildman–Crippen LogP) is 3.24. The van der Waals surface area contributed by atoms with Gasteiger partial charge >= 0.3 is 0 Å². The summed E-state index contributed by atoms with van der Waals surface area (Å²) in [5.74, 6) is 0.617. The summed E-state index contributed by atoms with van der Waals surface area (Å²) >= 11 is 6.10. The third kappa shape index (κ3) is 2.32. The number of rotatable bonds is 2. The van der Waals surface area contributed by atoms with Gasteiger partial charge in [-0.1, -0.05) is 54.1 Å². The number of nitrogens with zero attached hydrogens (tertiary/aromatic N) is 2. The van der Waals surface area contributed by atoms with Crippen molar-refractivity contribution in [3.8, 4) is 0 Å². The molecule has 2 aromatic rings. The molecule has 0 aliphatic carbocycles. The maximum atomic E-state index is 12.6. The van der Waals surface area contributed by atoms with Crippen LogP contribution in [0, 0.1) is 0 Å². The SMILES string of the molecule is O=C(c1ccccc1Cl)N1CCN=C1c1ccccc1. The van der Waals surface area contributed by atoms with E-state index in [1.807, 2.05) is 42.5 Å². The van der Waals surface area contributed by atoms with Crippen molar-refractivity contribution in [2.24, 2.45) is 4.99 Å². The number of halogens is 1. The van der Waals surface area contributed by atoms with Crippen molar-refractivity contribution in [2.45, 2.75) is 0 Å². The molecule has 0 N–H and O–H groups in total. The lowest BCUT2D eigenvalue weighted by Gasteiger charge is -2.19. The molecule has 0 atom stereocenters. The molecule has 0 fully saturated rings. The molecule has 20 heavy (non-hydrogen) atoms. The van der Waals surface area contributed by atoms with Crippen LogP contribution in [0.15, 0.2) is 59.6 Å². The van der Waals surface area contributed by atoms with Crippen molar-refractivity contribution in [3.63, 3.8) is 0 Å². The second kappa shape index (κ2) is 5.47. The second-order valence-corrected chi connectivity index (χ2v) is 4.92. The Morgan fingerprint density at radius 3 is 2.50 bits per heavy atom. The lowest BCUT2D eigenvalue weighted by atomic mass is 10.1. The largest absolute Gasteiger partial charge is 0.291 e. The van der Waals surface area contributed by atoms with Crippen LogP contribution >= 0.6 is 11.6 Å². The molecule has 1 aliphatic heterocycles. The third-order valence-electron chi connectivity index (χ3n) is 3.22. The summed E-state index contributed by atoms with van der Waals surface area (Å²) in [7, 11) is 0. The Bertz CT molecular complexity index is 667. The number of hydrogen-bond acceptors (Lipinski definition) is 2. The summed E-state index contributed by atoms with van der Waals surface area (Å²) in [6.45, 7) is 1.22. The number of carbonyl (C=O) groups excluding carboxylic acids is 1. The van der Waals surface area contributed by atoms with Crippen LogP contribution in [0.1, 0.15) is 15.9 Å². The van der Waals surface area contributed by atoms with Crippen molar-refractivity contribution >= 4 is 23.3 Å². The zero-order valence-corrected chi connectivity index (χ0v) is 11.5. The van der Waals surface area contributed by atoms with Crippen molar-refractivity contribution in [1.82, 2.24) is 4.90 Å². The van der Waals surface area contributed by atoms with Gasteiger partial charge in [-0.05, 0) is 12.1 Å². The van der Waals surface area contributed by atoms with Crippen LogP contribution in [-0.2, 0) is 0 Å². The third-order valence-corrected chi connectivity index (χ3v) is 3.55. The molecule has 0 aromatic heterocycles. The number of carbonyl (C=O) groups is 1. The van der Waals surface area contributed by atoms with Gasteiger partial charge in [-0.15, -0.1) is 0 Å². The summed E-state index contributed by atoms with van der Waals surface area (Å²) in [5, 5.41) is 0.469. The number of amidine groups is 1. The molecule has 0 spiro atoms. The summed E-state index contributed by atoms with van der Waals surface area (Å²) in [6.07, 6.45) is 0. The number of amides is 1. The monoisotopic (exact) mass is 284 g/mol. The first-order valence-corrected chi connectivity index (χ1v) is 6.81. The molecule has 1 amide bonds. The van der Waals surface area contributed by atoms with Gasteiger partial charge in [-0.3, -0.25) is 14.7 Å². The molecule has 2 aromatic carbocycles. The van der Waals surface area contributed by atoms with Gasteiger partial charge in [0.1, 0.15) is 5.84 Å². The summed E-state index contributed by atoms with van der Waals surface area (Å²) in [4.78, 5) is 18.7. The second-order valence-electron chi connectivity index (χ2n) is 4.51. The average molecular weight is 285 g/mol. The molecule has 1 heterocycles. The molecule has 4 heteroatoms. The highest BCUT2D eigenvalue weighted by molar-refractivity contribution is 6.34. The van der Waals surface area contributed by atoms with E-state index in [0.717, 1.165) is 11.4 Å². The van der Waals surface area contributed by atoms with Crippen LogP contribution in [-0.4, -0.2) is 29.7 Å². The minimum atomic E-state index is -0.101. The van der Waals surface area contributed by atoms with Crippen molar-refractivity contribution in [2.75, 3.05) is 13.1 Å². The molecule has 100 valence electrons. The molecular weight excluding hydrogens is 272 g/mol. The van der Waals surface area contributed by atoms with Crippen LogP contribution < -0.4 is 0 Å². The van der Waals surface area contributed by atoms with Gasteiger partial charge in [-0.25, -0.2) is 0 Å². The van der Waals surface area contributed by atoms with E-state index in [4.69, 9.17) is 11.6 Å². The molecule has 0 saturated heterocycles. The van der Waals surface area contributed by atoms with E-state index in [0.29, 0.717) is 23.7 Å². The van der Waals surface area contributed by atoms with Gasteiger partial charge in [0, 0.05) is 12.1 Å². The Hall–Kier alpha value is -2.13. The fourth-order valence-corrected chi connectivity index (χ4v) is 2.48. The predicted molar refractivity (Wildman–Crippen MR) is 80.3 cm³/mol. The fourth-order valence-electron chi connectivity index (χ4n) is 2.26. The van der Waals surface area contributed by atoms with Gasteiger partial charge in [0.25, 0.3) is 5.91 Å². The Morgan fingerprint density at radius 2 is 1.75 bits per heavy atom. The van der Waals surface area contributed by atoms with Gasteiger partial charge in [-0.2, -0.15) is 0 Å². The molecule has 1 aliphatic rings.